The Labute approximate surface area is 102 Å². The Morgan fingerprint density at radius 2 is 2.29 bits per heavy atom. The molecule has 1 aromatic heterocycles. The number of carbonyl (C=O) groups is 1. The summed E-state index contributed by atoms with van der Waals surface area (Å²) in [6.45, 7) is 1.35. The number of hydrogen-bond acceptors (Lipinski definition) is 6. The van der Waals surface area contributed by atoms with Gasteiger partial charge in [-0.2, -0.15) is 0 Å². The molecule has 0 saturated heterocycles. The molecule has 1 atom stereocenters. The number of nitrogens with zero attached hydrogens (tertiary/aromatic N) is 1. The van der Waals surface area contributed by atoms with Gasteiger partial charge in [-0.1, -0.05) is 6.92 Å². The predicted octanol–water partition coefficient (Wildman–Crippen LogP) is -0.109. The number of aliphatic hydroxyl groups is 1. The minimum atomic E-state index is -3.95. The number of rotatable bonds is 6. The van der Waals surface area contributed by atoms with Crippen LogP contribution in [0.2, 0.25) is 0 Å². The third kappa shape index (κ3) is 3.22. The van der Waals surface area contributed by atoms with Gasteiger partial charge in [-0.25, -0.2) is 22.9 Å². The van der Waals surface area contributed by atoms with Crippen LogP contribution in [0, 0.1) is 0 Å². The fraction of sp³-hybridized carbons (Fsp3) is 0.500. The van der Waals surface area contributed by atoms with E-state index in [4.69, 9.17) is 10.2 Å². The molecule has 96 valence electrons. The Morgan fingerprint density at radius 1 is 1.65 bits per heavy atom. The molecule has 0 amide bonds. The molecule has 0 bridgehead atoms. The van der Waals surface area contributed by atoms with E-state index in [2.05, 4.69) is 9.71 Å². The molecule has 17 heavy (non-hydrogen) atoms. The van der Waals surface area contributed by atoms with E-state index in [1.165, 1.54) is 0 Å². The summed E-state index contributed by atoms with van der Waals surface area (Å²) in [7, 11) is -3.95. The lowest BCUT2D eigenvalue weighted by Crippen LogP contribution is -2.37. The first kappa shape index (κ1) is 14.0. The molecule has 1 rings (SSSR count). The zero-order chi connectivity index (χ0) is 13.1. The number of carboxylic acid groups (broad SMARTS) is 1. The van der Waals surface area contributed by atoms with Gasteiger partial charge >= 0.3 is 5.97 Å². The number of aliphatic hydroxyl groups excluding tert-OH is 1. The molecule has 9 heteroatoms. The van der Waals surface area contributed by atoms with E-state index in [9.17, 15) is 13.2 Å². The van der Waals surface area contributed by atoms with Gasteiger partial charge < -0.3 is 10.2 Å². The fourth-order valence-corrected chi connectivity index (χ4v) is 3.56. The van der Waals surface area contributed by atoms with Crippen LogP contribution in [0.4, 0.5) is 0 Å². The van der Waals surface area contributed by atoms with Crippen LogP contribution in [0.1, 0.15) is 23.8 Å². The van der Waals surface area contributed by atoms with Crippen LogP contribution in [0.5, 0.6) is 0 Å². The molecule has 0 aliphatic rings. The van der Waals surface area contributed by atoms with Gasteiger partial charge in [-0.05, 0) is 6.42 Å². The molecular weight excluding hydrogens is 268 g/mol. The van der Waals surface area contributed by atoms with Crippen LogP contribution in [0.25, 0.3) is 0 Å². The highest BCUT2D eigenvalue weighted by atomic mass is 32.2. The van der Waals surface area contributed by atoms with Gasteiger partial charge in [0, 0.05) is 6.04 Å². The molecule has 0 aliphatic carbocycles. The first-order chi connectivity index (χ1) is 7.92. The number of aromatic carboxylic acids is 1. The Balaban J connectivity index is 3.05. The standard InChI is InChI=1S/C8H12N2O5S2/c1-2-5(3-11)10-17(14,15)8-6(7(12)13)9-4-16-8/h4-5,10-11H,2-3H2,1H3,(H,12,13)/t5-/m1/s1. The topological polar surface area (TPSA) is 117 Å². The van der Waals surface area contributed by atoms with Crippen molar-refractivity contribution in [3.8, 4) is 0 Å². The second kappa shape index (κ2) is 5.54. The molecule has 1 heterocycles. The van der Waals surface area contributed by atoms with Crippen molar-refractivity contribution < 1.29 is 23.4 Å². The van der Waals surface area contributed by atoms with Crippen LogP contribution >= 0.6 is 11.3 Å². The summed E-state index contributed by atoms with van der Waals surface area (Å²) in [4.78, 5) is 14.2. The molecule has 0 aliphatic heterocycles. The van der Waals surface area contributed by atoms with Crippen molar-refractivity contribution >= 4 is 27.3 Å². The Morgan fingerprint density at radius 3 is 2.76 bits per heavy atom. The third-order valence-electron chi connectivity index (χ3n) is 2.02. The minimum Gasteiger partial charge on any atom is -0.476 e. The van der Waals surface area contributed by atoms with Gasteiger partial charge in [0.15, 0.2) is 9.90 Å². The highest BCUT2D eigenvalue weighted by molar-refractivity contribution is 7.91. The van der Waals surface area contributed by atoms with E-state index >= 15 is 0 Å². The summed E-state index contributed by atoms with van der Waals surface area (Å²) in [6.07, 6.45) is 0.400. The number of hydrogen-bond donors (Lipinski definition) is 3. The smallest absolute Gasteiger partial charge is 0.356 e. The minimum absolute atomic E-state index is 0.350. The van der Waals surface area contributed by atoms with E-state index < -0.39 is 27.7 Å². The van der Waals surface area contributed by atoms with Crippen molar-refractivity contribution in [1.82, 2.24) is 9.71 Å². The van der Waals surface area contributed by atoms with E-state index in [0.29, 0.717) is 6.42 Å². The summed E-state index contributed by atoms with van der Waals surface area (Å²) < 4.78 is 25.5. The average molecular weight is 280 g/mol. The maximum atomic E-state index is 11.8. The highest BCUT2D eigenvalue weighted by Crippen LogP contribution is 2.20. The molecule has 0 radical (unpaired) electrons. The van der Waals surface area contributed by atoms with Gasteiger partial charge in [0.25, 0.3) is 10.0 Å². The first-order valence-corrected chi connectivity index (χ1v) is 7.08. The summed E-state index contributed by atoms with van der Waals surface area (Å²) in [5, 5.41) is 17.7. The zero-order valence-corrected chi connectivity index (χ0v) is 10.6. The lowest BCUT2D eigenvalue weighted by molar-refractivity contribution is 0.0687. The number of nitrogens with one attached hydrogen (secondary N) is 1. The molecule has 0 saturated carbocycles. The lowest BCUT2D eigenvalue weighted by atomic mass is 10.3. The molecule has 0 fully saturated rings. The summed E-state index contributed by atoms with van der Waals surface area (Å²) in [6, 6.07) is -0.635. The van der Waals surface area contributed by atoms with Crippen LogP contribution in [0.3, 0.4) is 0 Å². The van der Waals surface area contributed by atoms with Crippen LogP contribution in [-0.2, 0) is 10.0 Å². The first-order valence-electron chi connectivity index (χ1n) is 4.72. The number of sulfonamides is 1. The number of thiazole rings is 1. The van der Waals surface area contributed by atoms with Gasteiger partial charge in [0.1, 0.15) is 0 Å². The molecule has 0 aromatic carbocycles. The second-order valence-corrected chi connectivity index (χ2v) is 5.97. The number of carboxylic acids is 1. The molecule has 0 spiro atoms. The molecule has 1 aromatic rings. The van der Waals surface area contributed by atoms with Crippen LogP contribution in [-0.4, -0.2) is 42.2 Å². The molecular formula is C8H12N2O5S2. The zero-order valence-electron chi connectivity index (χ0n) is 8.95. The van der Waals surface area contributed by atoms with Crippen molar-refractivity contribution in [2.24, 2.45) is 0 Å². The van der Waals surface area contributed by atoms with Gasteiger partial charge in [-0.3, -0.25) is 0 Å². The third-order valence-corrected chi connectivity index (χ3v) is 4.91. The number of aromatic nitrogens is 1. The second-order valence-electron chi connectivity index (χ2n) is 3.20. The van der Waals surface area contributed by atoms with Gasteiger partial charge in [-0.15, -0.1) is 11.3 Å². The van der Waals surface area contributed by atoms with Crippen molar-refractivity contribution in [3.63, 3.8) is 0 Å². The predicted molar refractivity (Wildman–Crippen MR) is 60.6 cm³/mol. The maximum absolute atomic E-state index is 11.8. The lowest BCUT2D eigenvalue weighted by Gasteiger charge is -2.13. The van der Waals surface area contributed by atoms with E-state index in [1.807, 2.05) is 0 Å². The highest BCUT2D eigenvalue weighted by Gasteiger charge is 2.27. The monoisotopic (exact) mass is 280 g/mol. The Bertz CT molecular complexity index is 492. The van der Waals surface area contributed by atoms with Crippen LogP contribution < -0.4 is 4.72 Å². The molecule has 0 unspecified atom stereocenters. The largest absolute Gasteiger partial charge is 0.476 e. The summed E-state index contributed by atoms with van der Waals surface area (Å²) in [5.41, 5.74) is 0.646. The average Bonchev–Trinajstić information content (AvgIpc) is 2.75. The van der Waals surface area contributed by atoms with Crippen molar-refractivity contribution in [2.75, 3.05) is 6.61 Å². The summed E-state index contributed by atoms with van der Waals surface area (Å²) in [5.74, 6) is -1.40. The summed E-state index contributed by atoms with van der Waals surface area (Å²) >= 11 is 0.724. The van der Waals surface area contributed by atoms with E-state index in [0.717, 1.165) is 16.8 Å². The van der Waals surface area contributed by atoms with Crippen LogP contribution in [0.15, 0.2) is 9.72 Å². The molecule has 7 nitrogen and oxygen atoms in total. The van der Waals surface area contributed by atoms with Gasteiger partial charge in [0.2, 0.25) is 0 Å². The van der Waals surface area contributed by atoms with Crippen molar-refractivity contribution in [1.29, 1.82) is 0 Å². The van der Waals surface area contributed by atoms with Crippen molar-refractivity contribution in [3.05, 3.63) is 11.2 Å². The van der Waals surface area contributed by atoms with E-state index in [1.54, 1.807) is 6.92 Å². The van der Waals surface area contributed by atoms with E-state index in [-0.39, 0.29) is 10.8 Å². The maximum Gasteiger partial charge on any atom is 0.356 e. The normalized spacial score (nSPS) is 13.5. The molecule has 3 N–H and O–H groups in total. The SMILES string of the molecule is CC[C@H](CO)NS(=O)(=O)c1scnc1C(=O)O. The fourth-order valence-electron chi connectivity index (χ4n) is 1.09. The Hall–Kier alpha value is -1.03. The Kier molecular flexibility index (Phi) is 4.57. The van der Waals surface area contributed by atoms with Crippen molar-refractivity contribution in [2.45, 2.75) is 23.6 Å². The quantitative estimate of drug-likeness (QED) is 0.669. The van der Waals surface area contributed by atoms with Gasteiger partial charge in [0.05, 0.1) is 12.1 Å².